The molecule has 0 radical (unpaired) electrons. The van der Waals surface area contributed by atoms with Crippen LogP contribution in [0.4, 0.5) is 0 Å². The van der Waals surface area contributed by atoms with Crippen molar-refractivity contribution in [2.45, 2.75) is 31.7 Å². The first-order valence-corrected chi connectivity index (χ1v) is 6.77. The van der Waals surface area contributed by atoms with Crippen LogP contribution in [0.2, 0.25) is 0 Å². The van der Waals surface area contributed by atoms with E-state index in [1.54, 1.807) is 25.3 Å². The van der Waals surface area contributed by atoms with Gasteiger partial charge in [0.15, 0.2) is 0 Å². The van der Waals surface area contributed by atoms with Crippen molar-refractivity contribution in [3.63, 3.8) is 0 Å². The average Bonchev–Trinajstić information content (AvgIpc) is 2.42. The Hall–Kier alpha value is -1.99. The Balaban J connectivity index is 2.21. The van der Waals surface area contributed by atoms with E-state index >= 15 is 0 Å². The van der Waals surface area contributed by atoms with E-state index in [9.17, 15) is 4.79 Å². The van der Waals surface area contributed by atoms with Crippen LogP contribution in [-0.2, 0) is 0 Å². The minimum Gasteiger partial charge on any atom is -0.495 e. The highest BCUT2D eigenvalue weighted by Crippen LogP contribution is 2.31. The van der Waals surface area contributed by atoms with Crippen molar-refractivity contribution in [2.24, 2.45) is 5.73 Å². The fourth-order valence-corrected chi connectivity index (χ4v) is 2.27. The molecule has 4 heteroatoms. The molecular formula is C16H20N2O2. The van der Waals surface area contributed by atoms with Crippen LogP contribution < -0.4 is 15.8 Å². The van der Waals surface area contributed by atoms with Gasteiger partial charge in [-0.15, -0.1) is 0 Å². The summed E-state index contributed by atoms with van der Waals surface area (Å²) in [5, 5.41) is 3.08. The van der Waals surface area contributed by atoms with Gasteiger partial charge >= 0.3 is 0 Å². The monoisotopic (exact) mass is 272 g/mol. The largest absolute Gasteiger partial charge is 0.495 e. The number of nitrogens with one attached hydrogen (secondary N) is 1. The Kier molecular flexibility index (Phi) is 4.31. The standard InChI is InChI=1S/C16H20N2O2/c1-16(8-4-9-16)18-15(19)13-6-7-14(20-2)12(11-13)5-3-10-17/h6-7,11H,4,8-10,17H2,1-2H3,(H,18,19). The first kappa shape index (κ1) is 14.4. The molecule has 2 rings (SSSR count). The van der Waals surface area contributed by atoms with Crippen LogP contribution in [0.1, 0.15) is 42.1 Å². The van der Waals surface area contributed by atoms with Crippen molar-refractivity contribution >= 4 is 5.91 Å². The van der Waals surface area contributed by atoms with E-state index in [1.165, 1.54) is 6.42 Å². The van der Waals surface area contributed by atoms with Crippen molar-refractivity contribution in [2.75, 3.05) is 13.7 Å². The Labute approximate surface area is 119 Å². The van der Waals surface area contributed by atoms with Gasteiger partial charge in [-0.3, -0.25) is 4.79 Å². The van der Waals surface area contributed by atoms with E-state index in [0.717, 1.165) is 12.8 Å². The maximum atomic E-state index is 12.3. The number of carbonyl (C=O) groups excluding carboxylic acids is 1. The van der Waals surface area contributed by atoms with Gasteiger partial charge in [-0.1, -0.05) is 11.8 Å². The lowest BCUT2D eigenvalue weighted by atomic mass is 9.78. The van der Waals surface area contributed by atoms with Crippen molar-refractivity contribution in [1.82, 2.24) is 5.32 Å². The predicted octanol–water partition coefficient (Wildman–Crippen LogP) is 1.68. The molecule has 1 aromatic rings. The van der Waals surface area contributed by atoms with Crippen LogP contribution in [-0.4, -0.2) is 25.1 Å². The van der Waals surface area contributed by atoms with Crippen LogP contribution in [0, 0.1) is 11.8 Å². The lowest BCUT2D eigenvalue weighted by Crippen LogP contribution is -2.50. The Morgan fingerprint density at radius 1 is 1.50 bits per heavy atom. The van der Waals surface area contributed by atoms with E-state index in [4.69, 9.17) is 10.5 Å². The summed E-state index contributed by atoms with van der Waals surface area (Å²) in [5.41, 5.74) is 6.61. The van der Waals surface area contributed by atoms with E-state index in [0.29, 0.717) is 16.9 Å². The number of benzene rings is 1. The molecule has 0 aromatic heterocycles. The zero-order valence-corrected chi connectivity index (χ0v) is 12.0. The maximum Gasteiger partial charge on any atom is 0.251 e. The lowest BCUT2D eigenvalue weighted by molar-refractivity contribution is 0.0850. The van der Waals surface area contributed by atoms with Gasteiger partial charge in [0.1, 0.15) is 5.75 Å². The van der Waals surface area contributed by atoms with Crippen LogP contribution in [0.15, 0.2) is 18.2 Å². The molecule has 0 heterocycles. The molecule has 1 saturated carbocycles. The van der Waals surface area contributed by atoms with Crippen molar-refractivity contribution < 1.29 is 9.53 Å². The van der Waals surface area contributed by atoms with Gasteiger partial charge < -0.3 is 15.8 Å². The molecule has 0 bridgehead atoms. The Bertz CT molecular complexity index is 566. The highest BCUT2D eigenvalue weighted by molar-refractivity contribution is 5.95. The number of hydrogen-bond donors (Lipinski definition) is 2. The Morgan fingerprint density at radius 3 is 2.80 bits per heavy atom. The molecule has 3 N–H and O–H groups in total. The van der Waals surface area contributed by atoms with E-state index in [2.05, 4.69) is 24.1 Å². The molecule has 0 saturated heterocycles. The maximum absolute atomic E-state index is 12.3. The highest BCUT2D eigenvalue weighted by atomic mass is 16.5. The quantitative estimate of drug-likeness (QED) is 0.823. The summed E-state index contributed by atoms with van der Waals surface area (Å²) in [4.78, 5) is 12.3. The summed E-state index contributed by atoms with van der Waals surface area (Å²) in [5.74, 6) is 6.30. The fourth-order valence-electron chi connectivity index (χ4n) is 2.27. The SMILES string of the molecule is COc1ccc(C(=O)NC2(C)CCC2)cc1C#CCN. The predicted molar refractivity (Wildman–Crippen MR) is 78.6 cm³/mol. The van der Waals surface area contributed by atoms with Crippen molar-refractivity contribution in [3.8, 4) is 17.6 Å². The zero-order chi connectivity index (χ0) is 14.6. The summed E-state index contributed by atoms with van der Waals surface area (Å²) in [6.45, 7) is 2.35. The van der Waals surface area contributed by atoms with Crippen molar-refractivity contribution in [3.05, 3.63) is 29.3 Å². The molecule has 1 aliphatic carbocycles. The molecule has 1 aliphatic rings. The Morgan fingerprint density at radius 2 is 2.25 bits per heavy atom. The third-order valence-electron chi connectivity index (χ3n) is 3.66. The number of methoxy groups -OCH3 is 1. The molecule has 106 valence electrons. The first-order valence-electron chi connectivity index (χ1n) is 6.77. The normalized spacial score (nSPS) is 15.6. The van der Waals surface area contributed by atoms with Gasteiger partial charge in [0, 0.05) is 11.1 Å². The second-order valence-electron chi connectivity index (χ2n) is 5.29. The minimum absolute atomic E-state index is 0.0554. The highest BCUT2D eigenvalue weighted by Gasteiger charge is 2.33. The summed E-state index contributed by atoms with van der Waals surface area (Å²) < 4.78 is 5.24. The molecule has 1 fully saturated rings. The summed E-state index contributed by atoms with van der Waals surface area (Å²) in [6.07, 6.45) is 3.25. The molecule has 20 heavy (non-hydrogen) atoms. The summed E-state index contributed by atoms with van der Waals surface area (Å²) in [6, 6.07) is 5.27. The third kappa shape index (κ3) is 3.12. The first-order chi connectivity index (χ1) is 9.58. The van der Waals surface area contributed by atoms with E-state index in [1.807, 2.05) is 0 Å². The van der Waals surface area contributed by atoms with Gasteiger partial charge in [0.2, 0.25) is 0 Å². The minimum atomic E-state index is -0.0642. The molecular weight excluding hydrogens is 252 g/mol. The summed E-state index contributed by atoms with van der Waals surface area (Å²) in [7, 11) is 1.58. The van der Waals surface area contributed by atoms with Crippen LogP contribution >= 0.6 is 0 Å². The van der Waals surface area contributed by atoms with Gasteiger partial charge in [0.25, 0.3) is 5.91 Å². The van der Waals surface area contributed by atoms with Crippen LogP contribution in [0.25, 0.3) is 0 Å². The topological polar surface area (TPSA) is 64.3 Å². The molecule has 0 aliphatic heterocycles. The van der Waals surface area contributed by atoms with Gasteiger partial charge in [-0.2, -0.15) is 0 Å². The molecule has 0 atom stereocenters. The number of ether oxygens (including phenoxy) is 1. The zero-order valence-electron chi connectivity index (χ0n) is 12.0. The van der Waals surface area contributed by atoms with E-state index < -0.39 is 0 Å². The number of hydrogen-bond acceptors (Lipinski definition) is 3. The second kappa shape index (κ2) is 5.98. The number of nitrogens with two attached hydrogens (primary N) is 1. The molecule has 4 nitrogen and oxygen atoms in total. The van der Waals surface area contributed by atoms with Crippen LogP contribution in [0.3, 0.4) is 0 Å². The number of rotatable bonds is 3. The smallest absolute Gasteiger partial charge is 0.251 e. The lowest BCUT2D eigenvalue weighted by Gasteiger charge is -2.39. The van der Waals surface area contributed by atoms with Crippen molar-refractivity contribution in [1.29, 1.82) is 0 Å². The second-order valence-corrected chi connectivity index (χ2v) is 5.29. The molecule has 0 unspecified atom stereocenters. The number of amides is 1. The molecule has 1 amide bonds. The third-order valence-corrected chi connectivity index (χ3v) is 3.66. The average molecular weight is 272 g/mol. The van der Waals surface area contributed by atoms with Crippen LogP contribution in [0.5, 0.6) is 5.75 Å². The van der Waals surface area contributed by atoms with Gasteiger partial charge in [-0.25, -0.2) is 0 Å². The fraction of sp³-hybridized carbons (Fsp3) is 0.438. The number of carbonyl (C=O) groups is 1. The van der Waals surface area contributed by atoms with Gasteiger partial charge in [0.05, 0.1) is 19.2 Å². The summed E-state index contributed by atoms with van der Waals surface area (Å²) >= 11 is 0. The molecule has 1 aromatic carbocycles. The molecule has 0 spiro atoms. The van der Waals surface area contributed by atoms with E-state index in [-0.39, 0.29) is 18.0 Å². The van der Waals surface area contributed by atoms with Gasteiger partial charge in [-0.05, 0) is 44.4 Å².